The SMILES string of the molecule is COc1ccc(CNCc2cccnc2)cc1Cn1ccnc1. The third-order valence-corrected chi connectivity index (χ3v) is 3.64. The number of nitrogens with one attached hydrogen (secondary N) is 1. The molecule has 118 valence electrons. The monoisotopic (exact) mass is 308 g/mol. The first kappa shape index (κ1) is 15.2. The number of hydrogen-bond donors (Lipinski definition) is 1. The normalized spacial score (nSPS) is 10.7. The highest BCUT2D eigenvalue weighted by Crippen LogP contribution is 2.21. The van der Waals surface area contributed by atoms with Crippen molar-refractivity contribution >= 4 is 0 Å². The van der Waals surface area contributed by atoms with Gasteiger partial charge in [0, 0.05) is 43.4 Å². The molecule has 0 saturated heterocycles. The molecule has 0 atom stereocenters. The number of aromatic nitrogens is 3. The molecule has 0 aliphatic heterocycles. The van der Waals surface area contributed by atoms with Crippen LogP contribution in [0.25, 0.3) is 0 Å². The van der Waals surface area contributed by atoms with Gasteiger partial charge in [0.15, 0.2) is 0 Å². The predicted octanol–water partition coefficient (Wildman–Crippen LogP) is 2.62. The lowest BCUT2D eigenvalue weighted by atomic mass is 10.1. The Morgan fingerprint density at radius 1 is 1.09 bits per heavy atom. The van der Waals surface area contributed by atoms with Crippen molar-refractivity contribution in [2.24, 2.45) is 0 Å². The Balaban J connectivity index is 1.65. The van der Waals surface area contributed by atoms with Crippen LogP contribution < -0.4 is 10.1 Å². The average molecular weight is 308 g/mol. The molecule has 5 nitrogen and oxygen atoms in total. The fraction of sp³-hybridized carbons (Fsp3) is 0.222. The molecule has 5 heteroatoms. The summed E-state index contributed by atoms with van der Waals surface area (Å²) in [6.45, 7) is 2.35. The Labute approximate surface area is 136 Å². The largest absolute Gasteiger partial charge is 0.496 e. The summed E-state index contributed by atoms with van der Waals surface area (Å²) in [4.78, 5) is 8.21. The molecule has 2 aromatic heterocycles. The molecule has 3 aromatic rings. The number of imidazole rings is 1. The van der Waals surface area contributed by atoms with E-state index in [1.165, 1.54) is 11.1 Å². The molecule has 0 aliphatic rings. The van der Waals surface area contributed by atoms with Gasteiger partial charge in [-0.05, 0) is 29.3 Å². The van der Waals surface area contributed by atoms with Crippen LogP contribution in [0.5, 0.6) is 5.75 Å². The minimum absolute atomic E-state index is 0.750. The molecule has 23 heavy (non-hydrogen) atoms. The van der Waals surface area contributed by atoms with Crippen molar-refractivity contribution in [3.05, 3.63) is 78.1 Å². The second kappa shape index (κ2) is 7.56. The maximum atomic E-state index is 5.46. The maximum Gasteiger partial charge on any atom is 0.123 e. The van der Waals surface area contributed by atoms with Gasteiger partial charge in [-0.1, -0.05) is 12.1 Å². The summed E-state index contributed by atoms with van der Waals surface area (Å²) in [6.07, 6.45) is 9.21. The summed E-state index contributed by atoms with van der Waals surface area (Å²) in [5, 5.41) is 3.44. The van der Waals surface area contributed by atoms with Crippen molar-refractivity contribution < 1.29 is 4.74 Å². The second-order valence-electron chi connectivity index (χ2n) is 5.35. The summed E-state index contributed by atoms with van der Waals surface area (Å²) in [5.74, 6) is 0.898. The van der Waals surface area contributed by atoms with Crippen molar-refractivity contribution in [2.45, 2.75) is 19.6 Å². The Morgan fingerprint density at radius 2 is 2.00 bits per heavy atom. The van der Waals surface area contributed by atoms with E-state index in [9.17, 15) is 0 Å². The van der Waals surface area contributed by atoms with Crippen LogP contribution in [0.3, 0.4) is 0 Å². The lowest BCUT2D eigenvalue weighted by molar-refractivity contribution is 0.408. The maximum absolute atomic E-state index is 5.46. The number of ether oxygens (including phenoxy) is 1. The zero-order valence-electron chi connectivity index (χ0n) is 13.1. The van der Waals surface area contributed by atoms with Gasteiger partial charge in [0.05, 0.1) is 20.0 Å². The van der Waals surface area contributed by atoms with E-state index in [1.807, 2.05) is 35.4 Å². The van der Waals surface area contributed by atoms with Gasteiger partial charge in [0.25, 0.3) is 0 Å². The number of nitrogens with zero attached hydrogens (tertiary/aromatic N) is 3. The first-order chi connectivity index (χ1) is 11.3. The molecule has 0 unspecified atom stereocenters. The van der Waals surface area contributed by atoms with Gasteiger partial charge in [-0.25, -0.2) is 4.98 Å². The van der Waals surface area contributed by atoms with E-state index in [0.29, 0.717) is 0 Å². The lowest BCUT2D eigenvalue weighted by Crippen LogP contribution is -2.13. The first-order valence-corrected chi connectivity index (χ1v) is 7.56. The van der Waals surface area contributed by atoms with Crippen LogP contribution in [0.1, 0.15) is 16.7 Å². The van der Waals surface area contributed by atoms with Crippen LogP contribution >= 0.6 is 0 Å². The molecular weight excluding hydrogens is 288 g/mol. The quantitative estimate of drug-likeness (QED) is 0.729. The lowest BCUT2D eigenvalue weighted by Gasteiger charge is -2.12. The van der Waals surface area contributed by atoms with Gasteiger partial charge in [-0.2, -0.15) is 0 Å². The summed E-state index contributed by atoms with van der Waals surface area (Å²) in [7, 11) is 1.70. The van der Waals surface area contributed by atoms with Crippen molar-refractivity contribution in [3.8, 4) is 5.75 Å². The van der Waals surface area contributed by atoms with E-state index in [2.05, 4.69) is 33.5 Å². The zero-order valence-corrected chi connectivity index (χ0v) is 13.1. The zero-order chi connectivity index (χ0) is 15.9. The molecule has 1 N–H and O–H groups in total. The number of methoxy groups -OCH3 is 1. The highest BCUT2D eigenvalue weighted by molar-refractivity contribution is 5.37. The fourth-order valence-electron chi connectivity index (χ4n) is 2.50. The van der Waals surface area contributed by atoms with E-state index >= 15 is 0 Å². The standard InChI is InChI=1S/C18H20N4O/c1-23-18-5-4-15(9-17(18)13-22-8-7-20-14-22)10-21-12-16-3-2-6-19-11-16/h2-9,11,14,21H,10,12-13H2,1H3. The van der Waals surface area contributed by atoms with Gasteiger partial charge >= 0.3 is 0 Å². The first-order valence-electron chi connectivity index (χ1n) is 7.56. The second-order valence-corrected chi connectivity index (χ2v) is 5.35. The Morgan fingerprint density at radius 3 is 2.74 bits per heavy atom. The van der Waals surface area contributed by atoms with Gasteiger partial charge < -0.3 is 14.6 Å². The van der Waals surface area contributed by atoms with E-state index in [4.69, 9.17) is 4.74 Å². The summed E-state index contributed by atoms with van der Waals surface area (Å²) in [5.41, 5.74) is 3.55. The molecule has 0 fully saturated rings. The fourth-order valence-corrected chi connectivity index (χ4v) is 2.50. The predicted molar refractivity (Wildman–Crippen MR) is 89.1 cm³/mol. The van der Waals surface area contributed by atoms with E-state index in [1.54, 1.807) is 19.5 Å². The Hall–Kier alpha value is -2.66. The van der Waals surface area contributed by atoms with Crippen molar-refractivity contribution in [1.29, 1.82) is 0 Å². The molecule has 0 amide bonds. The van der Waals surface area contributed by atoms with Gasteiger partial charge in [-0.15, -0.1) is 0 Å². The average Bonchev–Trinajstić information content (AvgIpc) is 3.09. The minimum Gasteiger partial charge on any atom is -0.496 e. The topological polar surface area (TPSA) is 52.0 Å². The van der Waals surface area contributed by atoms with Crippen molar-refractivity contribution in [2.75, 3.05) is 7.11 Å². The van der Waals surface area contributed by atoms with Gasteiger partial charge in [-0.3, -0.25) is 4.98 Å². The van der Waals surface area contributed by atoms with Crippen molar-refractivity contribution in [3.63, 3.8) is 0 Å². The highest BCUT2D eigenvalue weighted by atomic mass is 16.5. The van der Waals surface area contributed by atoms with E-state index in [0.717, 1.165) is 30.9 Å². The molecule has 0 radical (unpaired) electrons. The summed E-state index contributed by atoms with van der Waals surface area (Å²) in [6, 6.07) is 10.3. The highest BCUT2D eigenvalue weighted by Gasteiger charge is 2.05. The number of pyridine rings is 1. The van der Waals surface area contributed by atoms with E-state index in [-0.39, 0.29) is 0 Å². The van der Waals surface area contributed by atoms with Crippen LogP contribution in [0.15, 0.2) is 61.4 Å². The molecule has 0 aliphatic carbocycles. The van der Waals surface area contributed by atoms with E-state index < -0.39 is 0 Å². The minimum atomic E-state index is 0.750. The number of benzene rings is 1. The molecule has 0 spiro atoms. The molecule has 3 rings (SSSR count). The van der Waals surface area contributed by atoms with Crippen molar-refractivity contribution in [1.82, 2.24) is 19.9 Å². The van der Waals surface area contributed by atoms with Crippen LogP contribution in [0.2, 0.25) is 0 Å². The van der Waals surface area contributed by atoms with Crippen LogP contribution in [-0.4, -0.2) is 21.6 Å². The molecule has 0 saturated carbocycles. The molecule has 1 aromatic carbocycles. The third kappa shape index (κ3) is 4.17. The van der Waals surface area contributed by atoms with Crippen LogP contribution in [0, 0.1) is 0 Å². The van der Waals surface area contributed by atoms with Gasteiger partial charge in [0.2, 0.25) is 0 Å². The van der Waals surface area contributed by atoms with Gasteiger partial charge in [0.1, 0.15) is 5.75 Å². The van der Waals surface area contributed by atoms with Crippen LogP contribution in [-0.2, 0) is 19.6 Å². The molecule has 0 bridgehead atoms. The Bertz CT molecular complexity index is 726. The summed E-state index contributed by atoms with van der Waals surface area (Å²) < 4.78 is 7.49. The summed E-state index contributed by atoms with van der Waals surface area (Å²) >= 11 is 0. The third-order valence-electron chi connectivity index (χ3n) is 3.64. The Kier molecular flexibility index (Phi) is 5.01. The molecule has 2 heterocycles. The smallest absolute Gasteiger partial charge is 0.123 e. The van der Waals surface area contributed by atoms with Crippen LogP contribution in [0.4, 0.5) is 0 Å². The molecular formula is C18H20N4O. The number of rotatable bonds is 7. The number of hydrogen-bond acceptors (Lipinski definition) is 4.